The van der Waals surface area contributed by atoms with Gasteiger partial charge in [0.2, 0.25) is 5.91 Å². The van der Waals surface area contributed by atoms with E-state index in [1.165, 1.54) is 18.2 Å². The van der Waals surface area contributed by atoms with E-state index >= 15 is 0 Å². The highest BCUT2D eigenvalue weighted by Crippen LogP contribution is 2.21. The lowest BCUT2D eigenvalue weighted by Gasteiger charge is -2.21. The highest BCUT2D eigenvalue weighted by molar-refractivity contribution is 7.91. The van der Waals surface area contributed by atoms with Gasteiger partial charge in [0.05, 0.1) is 23.1 Å². The summed E-state index contributed by atoms with van der Waals surface area (Å²) in [6.45, 7) is 0. The average Bonchev–Trinajstić information content (AvgIpc) is 2.31. The number of anilines is 1. The summed E-state index contributed by atoms with van der Waals surface area (Å²) in [5.74, 6) is -1.54. The largest absolute Gasteiger partial charge is 0.323 e. The number of nitrogens with one attached hydrogen (secondary N) is 1. The maximum Gasteiger partial charge on any atom is 0.228 e. The molecule has 1 atom stereocenters. The molecule has 0 bridgehead atoms. The molecule has 1 saturated heterocycles. The second-order valence-corrected chi connectivity index (χ2v) is 6.65. The van der Waals surface area contributed by atoms with Crippen LogP contribution in [0.5, 0.6) is 0 Å². The first-order valence-electron chi connectivity index (χ1n) is 5.74. The van der Waals surface area contributed by atoms with Crippen molar-refractivity contribution in [2.45, 2.75) is 12.8 Å². The molecule has 1 N–H and O–H groups in total. The second-order valence-electron chi connectivity index (χ2n) is 4.42. The van der Waals surface area contributed by atoms with Crippen molar-refractivity contribution in [1.29, 1.82) is 0 Å². The molecule has 0 spiro atoms. The number of sulfone groups is 1. The molecule has 0 saturated carbocycles. The molecule has 1 aromatic carbocycles. The molecule has 4 nitrogen and oxygen atoms in total. The van der Waals surface area contributed by atoms with Gasteiger partial charge in [0.25, 0.3) is 0 Å². The van der Waals surface area contributed by atoms with Crippen LogP contribution in [0.2, 0.25) is 0 Å². The smallest absolute Gasteiger partial charge is 0.228 e. The SMILES string of the molecule is O=C(Nc1ccccc1F)C1CCCS(=O)(=O)C1. The Bertz CT molecular complexity index is 556. The van der Waals surface area contributed by atoms with E-state index in [-0.39, 0.29) is 17.2 Å². The van der Waals surface area contributed by atoms with E-state index in [0.29, 0.717) is 12.8 Å². The van der Waals surface area contributed by atoms with Gasteiger partial charge in [0.1, 0.15) is 5.82 Å². The first kappa shape index (κ1) is 13.0. The van der Waals surface area contributed by atoms with Crippen molar-refractivity contribution in [3.8, 4) is 0 Å². The topological polar surface area (TPSA) is 63.2 Å². The summed E-state index contributed by atoms with van der Waals surface area (Å²) >= 11 is 0. The van der Waals surface area contributed by atoms with Gasteiger partial charge in [-0.05, 0) is 25.0 Å². The van der Waals surface area contributed by atoms with Crippen LogP contribution in [0.15, 0.2) is 24.3 Å². The summed E-state index contributed by atoms with van der Waals surface area (Å²) in [6.07, 6.45) is 1.01. The van der Waals surface area contributed by atoms with Crippen LogP contribution in [0, 0.1) is 11.7 Å². The maximum absolute atomic E-state index is 13.3. The van der Waals surface area contributed by atoms with Crippen molar-refractivity contribution in [3.05, 3.63) is 30.1 Å². The molecule has 1 amide bonds. The first-order valence-corrected chi connectivity index (χ1v) is 7.56. The Hall–Kier alpha value is -1.43. The summed E-state index contributed by atoms with van der Waals surface area (Å²) in [5.41, 5.74) is 0.0884. The van der Waals surface area contributed by atoms with Crippen LogP contribution < -0.4 is 5.32 Å². The zero-order valence-electron chi connectivity index (χ0n) is 9.73. The molecule has 0 radical (unpaired) electrons. The molecule has 18 heavy (non-hydrogen) atoms. The molecule has 1 aliphatic rings. The first-order chi connectivity index (χ1) is 8.48. The van der Waals surface area contributed by atoms with Crippen LogP contribution in [0.1, 0.15) is 12.8 Å². The molecule has 2 rings (SSSR count). The number of hydrogen-bond donors (Lipinski definition) is 1. The van der Waals surface area contributed by atoms with E-state index in [0.717, 1.165) is 0 Å². The van der Waals surface area contributed by atoms with Crippen molar-refractivity contribution in [3.63, 3.8) is 0 Å². The van der Waals surface area contributed by atoms with E-state index in [1.807, 2.05) is 0 Å². The molecule has 1 heterocycles. The molecule has 1 unspecified atom stereocenters. The number of hydrogen-bond acceptors (Lipinski definition) is 3. The minimum Gasteiger partial charge on any atom is -0.323 e. The lowest BCUT2D eigenvalue weighted by Crippen LogP contribution is -2.34. The van der Waals surface area contributed by atoms with Crippen LogP contribution in [-0.2, 0) is 14.6 Å². The number of benzene rings is 1. The summed E-state index contributed by atoms with van der Waals surface area (Å²) in [7, 11) is -3.13. The Labute approximate surface area is 105 Å². The van der Waals surface area contributed by atoms with E-state index in [4.69, 9.17) is 0 Å². The van der Waals surface area contributed by atoms with Crippen molar-refractivity contribution in [2.24, 2.45) is 5.92 Å². The molecule has 1 fully saturated rings. The third-order valence-electron chi connectivity index (χ3n) is 2.97. The lowest BCUT2D eigenvalue weighted by atomic mass is 10.0. The standard InChI is InChI=1S/C12H14FNO3S/c13-10-5-1-2-6-11(10)14-12(15)9-4-3-7-18(16,17)8-9/h1-2,5-6,9H,3-4,7-8H2,(H,14,15). The number of para-hydroxylation sites is 1. The Kier molecular flexibility index (Phi) is 3.65. The fourth-order valence-corrected chi connectivity index (χ4v) is 3.73. The predicted octanol–water partition coefficient (Wildman–Crippen LogP) is 1.59. The molecule has 6 heteroatoms. The minimum absolute atomic E-state index is 0.0884. The number of carbonyl (C=O) groups excluding carboxylic acids is 1. The van der Waals surface area contributed by atoms with Gasteiger partial charge in [0, 0.05) is 0 Å². The minimum atomic E-state index is -3.13. The Balaban J connectivity index is 2.07. The molecule has 1 aromatic rings. The second kappa shape index (κ2) is 5.06. The highest BCUT2D eigenvalue weighted by atomic mass is 32.2. The molecule has 98 valence electrons. The maximum atomic E-state index is 13.3. The molecule has 0 aromatic heterocycles. The normalized spacial score (nSPS) is 22.4. The Morgan fingerprint density at radius 3 is 2.72 bits per heavy atom. The van der Waals surface area contributed by atoms with Gasteiger partial charge in [-0.2, -0.15) is 0 Å². The number of halogens is 1. The van der Waals surface area contributed by atoms with Gasteiger partial charge in [-0.25, -0.2) is 12.8 Å². The van der Waals surface area contributed by atoms with Crippen molar-refractivity contribution in [1.82, 2.24) is 0 Å². The number of carbonyl (C=O) groups is 1. The molecular formula is C12H14FNO3S. The van der Waals surface area contributed by atoms with Gasteiger partial charge in [-0.1, -0.05) is 12.1 Å². The van der Waals surface area contributed by atoms with Crippen LogP contribution in [0.4, 0.5) is 10.1 Å². The summed E-state index contributed by atoms with van der Waals surface area (Å²) in [5, 5.41) is 2.44. The van der Waals surface area contributed by atoms with Crippen molar-refractivity contribution in [2.75, 3.05) is 16.8 Å². The van der Waals surface area contributed by atoms with E-state index in [9.17, 15) is 17.6 Å². The monoisotopic (exact) mass is 271 g/mol. The van der Waals surface area contributed by atoms with Crippen LogP contribution >= 0.6 is 0 Å². The van der Waals surface area contributed by atoms with Gasteiger partial charge >= 0.3 is 0 Å². The summed E-state index contributed by atoms with van der Waals surface area (Å²) in [6, 6.07) is 5.82. The van der Waals surface area contributed by atoms with Crippen LogP contribution in [-0.4, -0.2) is 25.8 Å². The summed E-state index contributed by atoms with van der Waals surface area (Å²) < 4.78 is 36.2. The fraction of sp³-hybridized carbons (Fsp3) is 0.417. The van der Waals surface area contributed by atoms with Gasteiger partial charge in [-0.3, -0.25) is 4.79 Å². The van der Waals surface area contributed by atoms with Gasteiger partial charge in [-0.15, -0.1) is 0 Å². The average molecular weight is 271 g/mol. The van der Waals surface area contributed by atoms with E-state index in [1.54, 1.807) is 6.07 Å². The van der Waals surface area contributed by atoms with Crippen LogP contribution in [0.3, 0.4) is 0 Å². The lowest BCUT2D eigenvalue weighted by molar-refractivity contribution is -0.119. The van der Waals surface area contributed by atoms with E-state index < -0.39 is 27.5 Å². The van der Waals surface area contributed by atoms with E-state index in [2.05, 4.69) is 5.32 Å². The summed E-state index contributed by atoms with van der Waals surface area (Å²) in [4.78, 5) is 11.9. The third kappa shape index (κ3) is 3.07. The molecule has 0 aliphatic carbocycles. The zero-order chi connectivity index (χ0) is 13.2. The Morgan fingerprint density at radius 2 is 2.06 bits per heavy atom. The number of rotatable bonds is 2. The fourth-order valence-electron chi connectivity index (χ4n) is 2.03. The number of amides is 1. The Morgan fingerprint density at radius 1 is 1.33 bits per heavy atom. The predicted molar refractivity (Wildman–Crippen MR) is 66.4 cm³/mol. The van der Waals surface area contributed by atoms with Gasteiger partial charge in [0.15, 0.2) is 9.84 Å². The van der Waals surface area contributed by atoms with Crippen molar-refractivity contribution < 1.29 is 17.6 Å². The van der Waals surface area contributed by atoms with Gasteiger partial charge < -0.3 is 5.32 Å². The highest BCUT2D eigenvalue weighted by Gasteiger charge is 2.30. The quantitative estimate of drug-likeness (QED) is 0.888. The third-order valence-corrected chi connectivity index (χ3v) is 4.79. The van der Waals surface area contributed by atoms with Crippen molar-refractivity contribution >= 4 is 21.4 Å². The molecular weight excluding hydrogens is 257 g/mol. The molecule has 1 aliphatic heterocycles. The van der Waals surface area contributed by atoms with Crippen LogP contribution in [0.25, 0.3) is 0 Å². The zero-order valence-corrected chi connectivity index (χ0v) is 10.5.